The molecule has 0 aliphatic rings. The molecule has 0 fully saturated rings. The van der Waals surface area contributed by atoms with Crippen LogP contribution in [0.5, 0.6) is 0 Å². The first-order valence-electron chi connectivity index (χ1n) is 8.05. The maximum atomic E-state index is 12.3. The van der Waals surface area contributed by atoms with Crippen LogP contribution in [0.4, 0.5) is 5.13 Å². The molecule has 3 aromatic rings. The number of nitrogens with one attached hydrogen (secondary N) is 2. The van der Waals surface area contributed by atoms with Crippen molar-refractivity contribution in [2.75, 3.05) is 17.6 Å². The van der Waals surface area contributed by atoms with Crippen LogP contribution in [0.25, 0.3) is 0 Å². The summed E-state index contributed by atoms with van der Waals surface area (Å²) in [6.07, 6.45) is 1.59. The van der Waals surface area contributed by atoms with Gasteiger partial charge in [-0.15, -0.1) is 10.2 Å². The average Bonchev–Trinajstić information content (AvgIpc) is 3.33. The third-order valence-corrected chi connectivity index (χ3v) is 7.59. The van der Waals surface area contributed by atoms with Gasteiger partial charge in [-0.2, -0.15) is 11.8 Å². The number of hydrogen-bond acceptors (Lipinski definition) is 8. The number of benzene rings is 1. The minimum atomic E-state index is -3.82. The van der Waals surface area contributed by atoms with E-state index in [2.05, 4.69) is 20.2 Å². The van der Waals surface area contributed by atoms with Crippen molar-refractivity contribution in [1.29, 1.82) is 0 Å². The SMILES string of the molecule is O=C(Nc1nnc(S(=O)(=O)NCCSCc2ccco2)s1)c1ccc(Cl)cc1Cl. The van der Waals surface area contributed by atoms with Gasteiger partial charge < -0.3 is 4.42 Å². The third-order valence-electron chi connectivity index (χ3n) is 3.40. The Bertz CT molecular complexity index is 1090. The van der Waals surface area contributed by atoms with Crippen molar-refractivity contribution < 1.29 is 17.6 Å². The summed E-state index contributed by atoms with van der Waals surface area (Å²) in [5, 5.41) is 10.4. The lowest BCUT2D eigenvalue weighted by atomic mass is 10.2. The Morgan fingerprint density at radius 1 is 1.24 bits per heavy atom. The standard InChI is InChI=1S/C16H14Cl2N4O4S3/c17-10-3-4-12(13(18)8-10)14(23)20-15-21-22-16(28-15)29(24,25)19-5-7-27-9-11-2-1-6-26-11/h1-4,6,8,19H,5,7,9H2,(H,20,21,23). The zero-order valence-corrected chi connectivity index (χ0v) is 18.6. The van der Waals surface area contributed by atoms with Crippen LogP contribution in [0.15, 0.2) is 45.4 Å². The maximum absolute atomic E-state index is 12.3. The van der Waals surface area contributed by atoms with Crippen LogP contribution < -0.4 is 10.0 Å². The third kappa shape index (κ3) is 6.17. The highest BCUT2D eigenvalue weighted by Crippen LogP contribution is 2.24. The topological polar surface area (TPSA) is 114 Å². The largest absolute Gasteiger partial charge is 0.468 e. The second-order valence-corrected chi connectivity index (χ2v) is 10.3. The molecule has 0 saturated carbocycles. The lowest BCUT2D eigenvalue weighted by Crippen LogP contribution is -2.26. The Kier molecular flexibility index (Phi) is 7.55. The number of rotatable bonds is 9. The van der Waals surface area contributed by atoms with Gasteiger partial charge >= 0.3 is 0 Å². The summed E-state index contributed by atoms with van der Waals surface area (Å²) >= 11 is 14.1. The molecule has 0 spiro atoms. The lowest BCUT2D eigenvalue weighted by Gasteiger charge is -2.04. The molecule has 0 aliphatic heterocycles. The van der Waals surface area contributed by atoms with Gasteiger partial charge in [-0.3, -0.25) is 10.1 Å². The van der Waals surface area contributed by atoms with Crippen molar-refractivity contribution in [3.05, 3.63) is 58.0 Å². The van der Waals surface area contributed by atoms with Gasteiger partial charge in [-0.05, 0) is 30.3 Å². The molecule has 0 bridgehead atoms. The second-order valence-electron chi connectivity index (χ2n) is 5.48. The molecule has 0 atom stereocenters. The van der Waals surface area contributed by atoms with E-state index in [1.54, 1.807) is 12.3 Å². The number of amides is 1. The van der Waals surface area contributed by atoms with Gasteiger partial charge in [-0.1, -0.05) is 34.5 Å². The van der Waals surface area contributed by atoms with Crippen molar-refractivity contribution >= 4 is 67.4 Å². The molecule has 2 heterocycles. The normalized spacial score (nSPS) is 11.5. The predicted molar refractivity (Wildman–Crippen MR) is 114 cm³/mol. The highest BCUT2D eigenvalue weighted by molar-refractivity contribution is 7.98. The van der Waals surface area contributed by atoms with Crippen LogP contribution >= 0.6 is 46.3 Å². The number of nitrogens with zero attached hydrogens (tertiary/aromatic N) is 2. The molecular formula is C16H14Cl2N4O4S3. The van der Waals surface area contributed by atoms with Gasteiger partial charge in [0.25, 0.3) is 15.9 Å². The fourth-order valence-corrected chi connectivity index (χ4v) is 5.43. The number of halogens is 2. The van der Waals surface area contributed by atoms with Gasteiger partial charge in [0.1, 0.15) is 5.76 Å². The first kappa shape index (κ1) is 22.1. The van der Waals surface area contributed by atoms with E-state index in [0.29, 0.717) is 16.5 Å². The Morgan fingerprint density at radius 2 is 2.07 bits per heavy atom. The number of sulfonamides is 1. The Morgan fingerprint density at radius 3 is 2.79 bits per heavy atom. The van der Waals surface area contributed by atoms with Crippen LogP contribution in [0.3, 0.4) is 0 Å². The van der Waals surface area contributed by atoms with Crippen LogP contribution in [0.1, 0.15) is 16.1 Å². The van der Waals surface area contributed by atoms with Crippen molar-refractivity contribution in [2.24, 2.45) is 0 Å². The summed E-state index contributed by atoms with van der Waals surface area (Å²) in [7, 11) is -3.82. The number of thioether (sulfide) groups is 1. The van der Waals surface area contributed by atoms with E-state index in [-0.39, 0.29) is 26.6 Å². The zero-order valence-electron chi connectivity index (χ0n) is 14.6. The van der Waals surface area contributed by atoms with Crippen molar-refractivity contribution in [3.63, 3.8) is 0 Å². The molecule has 29 heavy (non-hydrogen) atoms. The molecule has 0 radical (unpaired) electrons. The van der Waals surface area contributed by atoms with Gasteiger partial charge in [0.2, 0.25) is 9.47 Å². The molecule has 1 aromatic carbocycles. The molecule has 0 unspecified atom stereocenters. The molecule has 2 N–H and O–H groups in total. The molecule has 0 saturated heterocycles. The van der Waals surface area contributed by atoms with Crippen molar-refractivity contribution in [1.82, 2.24) is 14.9 Å². The van der Waals surface area contributed by atoms with Gasteiger partial charge in [0.15, 0.2) is 0 Å². The van der Waals surface area contributed by atoms with E-state index >= 15 is 0 Å². The highest BCUT2D eigenvalue weighted by atomic mass is 35.5. The summed E-state index contributed by atoms with van der Waals surface area (Å²) in [6.45, 7) is 0.218. The van der Waals surface area contributed by atoms with Crippen molar-refractivity contribution in [2.45, 2.75) is 10.1 Å². The van der Waals surface area contributed by atoms with Gasteiger partial charge in [0, 0.05) is 17.3 Å². The summed E-state index contributed by atoms with van der Waals surface area (Å²) in [5.41, 5.74) is 0.183. The molecule has 0 aliphatic carbocycles. The summed E-state index contributed by atoms with van der Waals surface area (Å²) < 4.78 is 32.0. The summed E-state index contributed by atoms with van der Waals surface area (Å²) in [4.78, 5) is 12.3. The van der Waals surface area contributed by atoms with Crippen LogP contribution in [0.2, 0.25) is 10.0 Å². The lowest BCUT2D eigenvalue weighted by molar-refractivity contribution is 0.102. The number of carbonyl (C=O) groups excluding carboxylic acids is 1. The first-order chi connectivity index (χ1) is 13.8. The van der Waals surface area contributed by atoms with Crippen LogP contribution in [-0.2, 0) is 15.8 Å². The minimum Gasteiger partial charge on any atom is -0.468 e. The molecule has 8 nitrogen and oxygen atoms in total. The molecule has 154 valence electrons. The van der Waals surface area contributed by atoms with E-state index in [0.717, 1.165) is 17.1 Å². The van der Waals surface area contributed by atoms with E-state index in [9.17, 15) is 13.2 Å². The Hall–Kier alpha value is -1.63. The fourth-order valence-electron chi connectivity index (χ4n) is 2.08. The van der Waals surface area contributed by atoms with E-state index < -0.39 is 15.9 Å². The van der Waals surface area contributed by atoms with E-state index in [1.165, 1.54) is 30.0 Å². The molecular weight excluding hydrogens is 479 g/mol. The number of hydrogen-bond donors (Lipinski definition) is 2. The van der Waals surface area contributed by atoms with Gasteiger partial charge in [-0.25, -0.2) is 13.1 Å². The van der Waals surface area contributed by atoms with Crippen LogP contribution in [0, 0.1) is 0 Å². The first-order valence-corrected chi connectivity index (χ1v) is 12.3. The fraction of sp³-hybridized carbons (Fsp3) is 0.188. The smallest absolute Gasteiger partial charge is 0.269 e. The number of anilines is 1. The van der Waals surface area contributed by atoms with Crippen LogP contribution in [-0.4, -0.2) is 36.8 Å². The van der Waals surface area contributed by atoms with E-state index in [1.807, 2.05) is 6.07 Å². The summed E-state index contributed by atoms with van der Waals surface area (Å²) in [5.74, 6) is 1.48. The molecule has 1 amide bonds. The summed E-state index contributed by atoms with van der Waals surface area (Å²) in [6, 6.07) is 8.06. The molecule has 3 rings (SSSR count). The second kappa shape index (κ2) is 9.92. The van der Waals surface area contributed by atoms with E-state index in [4.69, 9.17) is 27.6 Å². The quantitative estimate of drug-likeness (QED) is 0.343. The minimum absolute atomic E-state index is 0.0357. The predicted octanol–water partition coefficient (Wildman–Crippen LogP) is 3.90. The average molecular weight is 493 g/mol. The number of furan rings is 1. The maximum Gasteiger partial charge on any atom is 0.269 e. The van der Waals surface area contributed by atoms with Crippen molar-refractivity contribution in [3.8, 4) is 0 Å². The molecule has 13 heteroatoms. The molecule has 2 aromatic heterocycles. The number of carbonyl (C=O) groups is 1. The zero-order chi connectivity index (χ0) is 20.9. The van der Waals surface area contributed by atoms with Gasteiger partial charge in [0.05, 0.1) is 22.6 Å². The Labute approximate surface area is 185 Å². The highest BCUT2D eigenvalue weighted by Gasteiger charge is 2.21. The number of aromatic nitrogens is 2. The monoisotopic (exact) mass is 492 g/mol. The Balaban J connectivity index is 1.53.